The number of nitrogens with one attached hydrogen (secondary N) is 1. The number of fused-ring (bicyclic) bond motifs is 1. The lowest BCUT2D eigenvalue weighted by Crippen LogP contribution is -2.28. The number of anilines is 1. The maximum absolute atomic E-state index is 12.9. The van der Waals surface area contributed by atoms with Gasteiger partial charge in [0.25, 0.3) is 5.56 Å². The van der Waals surface area contributed by atoms with Gasteiger partial charge in [0.15, 0.2) is 5.69 Å². The summed E-state index contributed by atoms with van der Waals surface area (Å²) in [6.07, 6.45) is 0.124. The number of thiazole rings is 1. The van der Waals surface area contributed by atoms with Crippen molar-refractivity contribution in [1.29, 1.82) is 0 Å². The molecule has 0 unspecified atom stereocenters. The van der Waals surface area contributed by atoms with E-state index in [1.807, 2.05) is 45.0 Å². The number of carbonyl (C=O) groups is 2. The highest BCUT2D eigenvalue weighted by Gasteiger charge is 2.19. The van der Waals surface area contributed by atoms with Gasteiger partial charge in [-0.1, -0.05) is 50.2 Å². The Morgan fingerprint density at radius 3 is 2.54 bits per heavy atom. The van der Waals surface area contributed by atoms with Crippen LogP contribution in [0.25, 0.3) is 10.8 Å². The van der Waals surface area contributed by atoms with Crippen LogP contribution in [0.1, 0.15) is 40.6 Å². The molecule has 0 spiro atoms. The van der Waals surface area contributed by atoms with E-state index in [0.29, 0.717) is 28.0 Å². The summed E-state index contributed by atoms with van der Waals surface area (Å²) in [6.45, 7) is 6.21. The predicted molar refractivity (Wildman–Crippen MR) is 136 cm³/mol. The van der Waals surface area contributed by atoms with Crippen molar-refractivity contribution in [2.24, 2.45) is 5.92 Å². The number of aryl methyl sites for hydroxylation is 1. The normalized spacial score (nSPS) is 11.1. The van der Waals surface area contributed by atoms with E-state index < -0.39 is 5.97 Å². The first-order chi connectivity index (χ1) is 16.8. The molecule has 0 bridgehead atoms. The molecule has 2 aromatic carbocycles. The Hall–Kier alpha value is -3.85. The Morgan fingerprint density at radius 2 is 1.80 bits per heavy atom. The molecule has 2 aromatic heterocycles. The molecule has 35 heavy (non-hydrogen) atoms. The standard InChI is InChI=1S/C26H26N4O4S/c1-16(2)13-30-25(32)20-10-6-5-9-19(20)24(29-30)26(33)34-14-18-15-35-23(27-18)12-22(31)28-21-11-7-4-8-17(21)3/h4-11,15-16H,12-14H2,1-3H3,(H,28,31). The van der Waals surface area contributed by atoms with Crippen molar-refractivity contribution in [3.8, 4) is 0 Å². The van der Waals surface area contributed by atoms with Crippen LogP contribution in [-0.4, -0.2) is 26.6 Å². The number of nitrogens with zero attached hydrogens (tertiary/aromatic N) is 3. The van der Waals surface area contributed by atoms with Gasteiger partial charge in [-0.05, 0) is 30.5 Å². The number of esters is 1. The number of hydrogen-bond acceptors (Lipinski definition) is 7. The number of para-hydroxylation sites is 1. The van der Waals surface area contributed by atoms with Crippen molar-refractivity contribution in [3.05, 3.63) is 86.2 Å². The molecule has 0 fully saturated rings. The smallest absolute Gasteiger partial charge is 0.359 e. The molecule has 4 rings (SSSR count). The third kappa shape index (κ3) is 5.81. The Morgan fingerprint density at radius 1 is 1.09 bits per heavy atom. The van der Waals surface area contributed by atoms with Crippen LogP contribution < -0.4 is 10.9 Å². The summed E-state index contributed by atoms with van der Waals surface area (Å²) < 4.78 is 6.80. The number of hydrogen-bond donors (Lipinski definition) is 1. The fourth-order valence-corrected chi connectivity index (χ4v) is 4.38. The van der Waals surface area contributed by atoms with Gasteiger partial charge in [0.05, 0.1) is 17.5 Å². The van der Waals surface area contributed by atoms with Gasteiger partial charge >= 0.3 is 5.97 Å². The Kier molecular flexibility index (Phi) is 7.36. The minimum absolute atomic E-state index is 0.0614. The zero-order valence-corrected chi connectivity index (χ0v) is 20.6. The van der Waals surface area contributed by atoms with E-state index in [2.05, 4.69) is 15.4 Å². The summed E-state index contributed by atoms with van der Waals surface area (Å²) in [5, 5.41) is 10.4. The molecule has 0 saturated heterocycles. The Balaban J connectivity index is 1.44. The zero-order chi connectivity index (χ0) is 24.9. The summed E-state index contributed by atoms with van der Waals surface area (Å²) in [4.78, 5) is 42.5. The predicted octanol–water partition coefficient (Wildman–Crippen LogP) is 4.36. The summed E-state index contributed by atoms with van der Waals surface area (Å²) in [6, 6.07) is 14.4. The van der Waals surface area contributed by atoms with Gasteiger partial charge in [0, 0.05) is 23.0 Å². The average molecular weight is 491 g/mol. The highest BCUT2D eigenvalue weighted by molar-refractivity contribution is 7.09. The molecular weight excluding hydrogens is 464 g/mol. The van der Waals surface area contributed by atoms with Crippen molar-refractivity contribution in [2.45, 2.75) is 40.3 Å². The lowest BCUT2D eigenvalue weighted by Gasteiger charge is -2.12. The van der Waals surface area contributed by atoms with Crippen LogP contribution in [0, 0.1) is 12.8 Å². The minimum atomic E-state index is -0.634. The van der Waals surface area contributed by atoms with Crippen LogP contribution >= 0.6 is 11.3 Å². The Bertz CT molecular complexity index is 1440. The van der Waals surface area contributed by atoms with E-state index in [-0.39, 0.29) is 36.1 Å². The molecule has 0 saturated carbocycles. The van der Waals surface area contributed by atoms with Gasteiger partial charge in [0.1, 0.15) is 11.6 Å². The number of amides is 1. The van der Waals surface area contributed by atoms with Crippen molar-refractivity contribution in [1.82, 2.24) is 14.8 Å². The fourth-order valence-electron chi connectivity index (χ4n) is 3.60. The Labute approximate surface area is 206 Å². The number of aromatic nitrogens is 3. The molecule has 0 aliphatic heterocycles. The van der Waals surface area contributed by atoms with Crippen LogP contribution in [0.3, 0.4) is 0 Å². The maximum Gasteiger partial charge on any atom is 0.359 e. The maximum atomic E-state index is 12.9. The molecule has 1 amide bonds. The molecule has 180 valence electrons. The van der Waals surface area contributed by atoms with Crippen molar-refractivity contribution >= 4 is 39.7 Å². The van der Waals surface area contributed by atoms with Crippen LogP contribution in [0.15, 0.2) is 58.7 Å². The topological polar surface area (TPSA) is 103 Å². The largest absolute Gasteiger partial charge is 0.454 e. The average Bonchev–Trinajstić information content (AvgIpc) is 3.27. The van der Waals surface area contributed by atoms with E-state index in [1.165, 1.54) is 16.0 Å². The second-order valence-electron chi connectivity index (χ2n) is 8.62. The molecule has 8 nitrogen and oxygen atoms in total. The van der Waals surface area contributed by atoms with Gasteiger partial charge in [-0.2, -0.15) is 5.10 Å². The summed E-state index contributed by atoms with van der Waals surface area (Å²) >= 11 is 1.33. The highest BCUT2D eigenvalue weighted by Crippen LogP contribution is 2.18. The lowest BCUT2D eigenvalue weighted by molar-refractivity contribution is -0.115. The molecule has 0 aliphatic carbocycles. The van der Waals surface area contributed by atoms with Crippen LogP contribution in [0.5, 0.6) is 0 Å². The highest BCUT2D eigenvalue weighted by atomic mass is 32.1. The van der Waals surface area contributed by atoms with Gasteiger partial charge in [-0.15, -0.1) is 11.3 Å². The number of rotatable bonds is 8. The first kappa shape index (κ1) is 24.3. The van der Waals surface area contributed by atoms with Crippen molar-refractivity contribution in [2.75, 3.05) is 5.32 Å². The molecule has 2 heterocycles. The van der Waals surface area contributed by atoms with Crippen molar-refractivity contribution < 1.29 is 14.3 Å². The molecule has 0 atom stereocenters. The molecule has 0 radical (unpaired) electrons. The van der Waals surface area contributed by atoms with Gasteiger partial charge < -0.3 is 10.1 Å². The van der Waals surface area contributed by atoms with E-state index in [4.69, 9.17) is 4.74 Å². The molecule has 0 aliphatic rings. The number of ether oxygens (including phenoxy) is 1. The minimum Gasteiger partial charge on any atom is -0.454 e. The second kappa shape index (κ2) is 10.6. The van der Waals surface area contributed by atoms with E-state index in [1.54, 1.807) is 29.6 Å². The first-order valence-corrected chi connectivity index (χ1v) is 12.2. The van der Waals surface area contributed by atoms with Crippen LogP contribution in [0.2, 0.25) is 0 Å². The van der Waals surface area contributed by atoms with Crippen molar-refractivity contribution in [3.63, 3.8) is 0 Å². The zero-order valence-electron chi connectivity index (χ0n) is 19.8. The van der Waals surface area contributed by atoms with Crippen LogP contribution in [-0.2, 0) is 29.1 Å². The number of benzene rings is 2. The third-order valence-corrected chi connectivity index (χ3v) is 6.18. The summed E-state index contributed by atoms with van der Waals surface area (Å²) in [5.41, 5.74) is 2.14. The lowest BCUT2D eigenvalue weighted by atomic mass is 10.1. The van der Waals surface area contributed by atoms with Gasteiger partial charge in [0.2, 0.25) is 5.91 Å². The molecular formula is C26H26N4O4S. The van der Waals surface area contributed by atoms with Gasteiger partial charge in [-0.3, -0.25) is 9.59 Å². The van der Waals surface area contributed by atoms with E-state index in [0.717, 1.165) is 11.3 Å². The molecule has 1 N–H and O–H groups in total. The van der Waals surface area contributed by atoms with E-state index in [9.17, 15) is 14.4 Å². The number of carbonyl (C=O) groups excluding carboxylic acids is 2. The summed E-state index contributed by atoms with van der Waals surface area (Å²) in [5.74, 6) is -0.618. The van der Waals surface area contributed by atoms with Gasteiger partial charge in [-0.25, -0.2) is 14.5 Å². The quantitative estimate of drug-likeness (QED) is 0.368. The fraction of sp³-hybridized carbons (Fsp3) is 0.269. The molecule has 9 heteroatoms. The SMILES string of the molecule is Cc1ccccc1NC(=O)Cc1nc(COC(=O)c2nn(CC(C)C)c(=O)c3ccccc23)cs1. The van der Waals surface area contributed by atoms with Crippen LogP contribution in [0.4, 0.5) is 5.69 Å². The monoisotopic (exact) mass is 490 g/mol. The third-order valence-electron chi connectivity index (χ3n) is 5.28. The second-order valence-corrected chi connectivity index (χ2v) is 9.57. The van der Waals surface area contributed by atoms with E-state index >= 15 is 0 Å². The first-order valence-electron chi connectivity index (χ1n) is 11.3. The summed E-state index contributed by atoms with van der Waals surface area (Å²) in [7, 11) is 0. The molecule has 4 aromatic rings.